The Labute approximate surface area is 185 Å². The first-order chi connectivity index (χ1) is 15.2. The molecule has 0 amide bonds. The maximum absolute atomic E-state index is 6.33. The van der Waals surface area contributed by atoms with Gasteiger partial charge in [-0.05, 0) is 48.5 Å². The smallest absolute Gasteiger partial charge is 0.452 e. The molecule has 5 heteroatoms. The number of ether oxygens (including phenoxy) is 4. The van der Waals surface area contributed by atoms with Gasteiger partial charge in [0, 0.05) is 0 Å². The highest BCUT2D eigenvalue weighted by molar-refractivity contribution is 6.11. The summed E-state index contributed by atoms with van der Waals surface area (Å²) < 4.78 is 25.1. The summed E-state index contributed by atoms with van der Waals surface area (Å²) >= 11 is 0. The molecule has 0 heterocycles. The maximum Gasteiger partial charge on any atom is 0.452 e. The molecular weight excluding hydrogens is 404 g/mol. The highest BCUT2D eigenvalue weighted by Crippen LogP contribution is 2.30. The lowest BCUT2D eigenvalue weighted by atomic mass is 10.3. The van der Waals surface area contributed by atoms with Gasteiger partial charge < -0.3 is 18.9 Å². The van der Waals surface area contributed by atoms with E-state index < -0.39 is 11.7 Å². The Morgan fingerprint density at radius 1 is 0.452 bits per heavy atom. The topological polar surface area (TPSA) is 36.9 Å². The molecule has 0 aliphatic carbocycles. The molecule has 0 aliphatic rings. The van der Waals surface area contributed by atoms with Crippen LogP contribution in [0.4, 0.5) is 0 Å². The van der Waals surface area contributed by atoms with Gasteiger partial charge in [0.15, 0.2) is 5.73 Å². The van der Waals surface area contributed by atoms with E-state index >= 15 is 0 Å². The first-order valence-corrected chi connectivity index (χ1v) is 10.5. The summed E-state index contributed by atoms with van der Waals surface area (Å²) in [6.07, 6.45) is 0. The van der Waals surface area contributed by atoms with Crippen molar-refractivity contribution in [3.05, 3.63) is 121 Å². The van der Waals surface area contributed by atoms with Crippen LogP contribution in [0.2, 0.25) is 0 Å². The van der Waals surface area contributed by atoms with E-state index in [0.717, 1.165) is 0 Å². The molecule has 3 radical (unpaired) electrons. The zero-order valence-electron chi connectivity index (χ0n) is 16.8. The summed E-state index contributed by atoms with van der Waals surface area (Å²) in [7, 11) is 3.68. The molecule has 153 valence electrons. The fraction of sp³-hybridized carbons (Fsp3) is 0.0769. The van der Waals surface area contributed by atoms with E-state index in [-0.39, 0.29) is 0 Å². The van der Waals surface area contributed by atoms with Gasteiger partial charge in [-0.2, -0.15) is 0 Å². The molecule has 0 fully saturated rings. The van der Waals surface area contributed by atoms with Gasteiger partial charge in [0.2, 0.25) is 0 Å². The van der Waals surface area contributed by atoms with Crippen LogP contribution in [0.3, 0.4) is 0 Å². The molecule has 0 saturated carbocycles. The van der Waals surface area contributed by atoms with Crippen molar-refractivity contribution in [2.45, 2.75) is 11.7 Å². The SMILES string of the molecule is [Si]C(Oc1ccccc1)C(Oc1ccccc1)(Oc1ccccc1)Oc1ccccc1. The van der Waals surface area contributed by atoms with Crippen LogP contribution in [0.25, 0.3) is 0 Å². The summed E-state index contributed by atoms with van der Waals surface area (Å²) in [4.78, 5) is 0. The minimum Gasteiger partial charge on any atom is -0.483 e. The molecule has 4 aromatic rings. The quantitative estimate of drug-likeness (QED) is 0.264. The number of hydrogen-bond acceptors (Lipinski definition) is 4. The Bertz CT molecular complexity index is 942. The zero-order chi connectivity index (χ0) is 21.4. The second kappa shape index (κ2) is 9.87. The summed E-state index contributed by atoms with van der Waals surface area (Å²) in [5.41, 5.74) is -0.837. The van der Waals surface area contributed by atoms with E-state index in [2.05, 4.69) is 10.2 Å². The van der Waals surface area contributed by atoms with Gasteiger partial charge in [0.05, 0.1) is 0 Å². The fourth-order valence-electron chi connectivity index (χ4n) is 2.89. The highest BCUT2D eigenvalue weighted by atomic mass is 28.1. The molecule has 0 aliphatic heterocycles. The van der Waals surface area contributed by atoms with E-state index in [0.29, 0.717) is 23.0 Å². The summed E-state index contributed by atoms with van der Waals surface area (Å²) in [6.45, 7) is 0. The predicted octanol–water partition coefficient (Wildman–Crippen LogP) is 5.45. The average Bonchev–Trinajstić information content (AvgIpc) is 2.81. The maximum atomic E-state index is 6.33. The average molecular weight is 426 g/mol. The molecule has 0 bridgehead atoms. The first kappa shape index (κ1) is 20.6. The Morgan fingerprint density at radius 3 is 1.06 bits per heavy atom. The number of hydrogen-bond donors (Lipinski definition) is 0. The van der Waals surface area contributed by atoms with Crippen molar-refractivity contribution in [1.29, 1.82) is 0 Å². The van der Waals surface area contributed by atoms with Gasteiger partial charge in [-0.3, -0.25) is 0 Å². The lowest BCUT2D eigenvalue weighted by Crippen LogP contribution is -2.60. The van der Waals surface area contributed by atoms with Crippen LogP contribution in [-0.2, 0) is 0 Å². The van der Waals surface area contributed by atoms with Gasteiger partial charge in [-0.1, -0.05) is 72.8 Å². The minimum absolute atomic E-state index is 0.564. The lowest BCUT2D eigenvalue weighted by Gasteiger charge is -2.37. The number of rotatable bonds is 9. The third-order valence-corrected chi connectivity index (χ3v) is 4.80. The minimum atomic E-state index is -1.68. The second-order valence-electron chi connectivity index (χ2n) is 6.66. The molecule has 4 rings (SSSR count). The molecule has 4 aromatic carbocycles. The van der Waals surface area contributed by atoms with Gasteiger partial charge in [0.25, 0.3) is 0 Å². The van der Waals surface area contributed by atoms with Crippen LogP contribution in [0.1, 0.15) is 0 Å². The lowest BCUT2D eigenvalue weighted by molar-refractivity contribution is -0.278. The van der Waals surface area contributed by atoms with Gasteiger partial charge >= 0.3 is 5.97 Å². The van der Waals surface area contributed by atoms with Crippen molar-refractivity contribution >= 4 is 10.2 Å². The Morgan fingerprint density at radius 2 is 0.742 bits per heavy atom. The molecule has 31 heavy (non-hydrogen) atoms. The second-order valence-corrected chi connectivity index (χ2v) is 7.18. The molecule has 1 unspecified atom stereocenters. The number of benzene rings is 4. The zero-order valence-corrected chi connectivity index (χ0v) is 17.8. The monoisotopic (exact) mass is 425 g/mol. The number of para-hydroxylation sites is 4. The van der Waals surface area contributed by atoms with Crippen molar-refractivity contribution in [3.63, 3.8) is 0 Å². The first-order valence-electron chi connectivity index (χ1n) is 9.88. The predicted molar refractivity (Wildman–Crippen MR) is 121 cm³/mol. The Hall–Kier alpha value is -3.70. The molecule has 0 aromatic heterocycles. The largest absolute Gasteiger partial charge is 0.483 e. The van der Waals surface area contributed by atoms with Crippen LogP contribution in [0.15, 0.2) is 121 Å². The molecule has 4 nitrogen and oxygen atoms in total. The van der Waals surface area contributed by atoms with E-state index in [9.17, 15) is 0 Å². The van der Waals surface area contributed by atoms with Crippen molar-refractivity contribution in [3.8, 4) is 23.0 Å². The van der Waals surface area contributed by atoms with Gasteiger partial charge in [-0.15, -0.1) is 0 Å². The van der Waals surface area contributed by atoms with Crippen molar-refractivity contribution in [1.82, 2.24) is 0 Å². The normalized spacial score (nSPS) is 11.9. The summed E-state index contributed by atoms with van der Waals surface area (Å²) in [5, 5.41) is 0. The highest BCUT2D eigenvalue weighted by Gasteiger charge is 2.47. The Balaban J connectivity index is 1.75. The summed E-state index contributed by atoms with van der Waals surface area (Å²) in [5.74, 6) is 0.645. The van der Waals surface area contributed by atoms with Gasteiger partial charge in [0.1, 0.15) is 33.2 Å². The van der Waals surface area contributed by atoms with Crippen LogP contribution in [0, 0.1) is 0 Å². The van der Waals surface area contributed by atoms with Gasteiger partial charge in [-0.25, -0.2) is 0 Å². The van der Waals surface area contributed by atoms with Crippen LogP contribution >= 0.6 is 0 Å². The van der Waals surface area contributed by atoms with Crippen LogP contribution in [-0.4, -0.2) is 21.9 Å². The summed E-state index contributed by atoms with van der Waals surface area (Å²) in [6, 6.07) is 37.4. The fourth-order valence-corrected chi connectivity index (χ4v) is 3.20. The van der Waals surface area contributed by atoms with Crippen molar-refractivity contribution < 1.29 is 18.9 Å². The van der Waals surface area contributed by atoms with Crippen molar-refractivity contribution in [2.75, 3.05) is 0 Å². The van der Waals surface area contributed by atoms with Crippen LogP contribution < -0.4 is 18.9 Å². The standard InChI is InChI=1S/C26H21O4Si/c31-25(27-21-13-5-1-6-14-21)26(28-22-15-7-2-8-16-22,29-23-17-9-3-10-18-23)30-24-19-11-4-12-20-24/h1-20,25H. The van der Waals surface area contributed by atoms with Crippen LogP contribution in [0.5, 0.6) is 23.0 Å². The molecule has 0 N–H and O–H groups in total. The van der Waals surface area contributed by atoms with Crippen molar-refractivity contribution in [2.24, 2.45) is 0 Å². The van der Waals surface area contributed by atoms with E-state index in [1.165, 1.54) is 0 Å². The molecular formula is C26H21O4Si. The Kier molecular flexibility index (Phi) is 6.55. The molecule has 0 saturated heterocycles. The van der Waals surface area contributed by atoms with E-state index in [1.807, 2.05) is 121 Å². The van der Waals surface area contributed by atoms with E-state index in [4.69, 9.17) is 18.9 Å². The molecule has 1 atom stereocenters. The molecule has 0 spiro atoms. The third kappa shape index (κ3) is 5.47. The van der Waals surface area contributed by atoms with E-state index in [1.54, 1.807) is 0 Å². The third-order valence-electron chi connectivity index (χ3n) is 4.33.